The van der Waals surface area contributed by atoms with Crippen LogP contribution in [-0.2, 0) is 6.61 Å². The van der Waals surface area contributed by atoms with Crippen molar-refractivity contribution in [2.24, 2.45) is 0 Å². The molecular formula is C28H24N4O4. The zero-order valence-electron chi connectivity index (χ0n) is 19.9. The summed E-state index contributed by atoms with van der Waals surface area (Å²) in [7, 11) is 0. The minimum atomic E-state index is -0.441. The number of anilines is 1. The second-order valence-electron chi connectivity index (χ2n) is 7.99. The first-order chi connectivity index (χ1) is 17.4. The van der Waals surface area contributed by atoms with Gasteiger partial charge >= 0.3 is 0 Å². The molecular weight excluding hydrogens is 456 g/mol. The molecule has 0 saturated carbocycles. The highest BCUT2D eigenvalue weighted by molar-refractivity contribution is 5.91. The largest absolute Gasteiger partial charge is 0.490 e. The Bertz CT molecular complexity index is 1450. The molecule has 4 aromatic rings. The topological polar surface area (TPSA) is 124 Å². The molecule has 0 aliphatic rings. The maximum atomic E-state index is 10.9. The molecule has 8 heteroatoms. The molecule has 0 unspecified atom stereocenters. The number of nitro groups is 1. The zero-order valence-corrected chi connectivity index (χ0v) is 19.9. The number of nitriles is 1. The Balaban J connectivity index is 1.76. The summed E-state index contributed by atoms with van der Waals surface area (Å²) < 4.78 is 11.9. The number of nitro benzene ring substituents is 1. The molecule has 36 heavy (non-hydrogen) atoms. The van der Waals surface area contributed by atoms with E-state index in [1.165, 1.54) is 12.1 Å². The van der Waals surface area contributed by atoms with Gasteiger partial charge < -0.3 is 15.2 Å². The van der Waals surface area contributed by atoms with Crippen LogP contribution in [0, 0.1) is 28.4 Å². The number of nitrogens with two attached hydrogens (primary N) is 1. The third kappa shape index (κ3) is 4.95. The van der Waals surface area contributed by atoms with Crippen molar-refractivity contribution in [2.45, 2.75) is 20.5 Å². The van der Waals surface area contributed by atoms with E-state index < -0.39 is 4.92 Å². The van der Waals surface area contributed by atoms with Crippen molar-refractivity contribution in [2.75, 3.05) is 12.3 Å². The molecule has 0 atom stereocenters. The number of ether oxygens (including phenoxy) is 2. The van der Waals surface area contributed by atoms with Crippen LogP contribution in [0.1, 0.15) is 23.7 Å². The number of aryl methyl sites for hydroxylation is 1. The Morgan fingerprint density at radius 1 is 0.972 bits per heavy atom. The quantitative estimate of drug-likeness (QED) is 0.240. The van der Waals surface area contributed by atoms with Crippen LogP contribution < -0.4 is 15.2 Å². The summed E-state index contributed by atoms with van der Waals surface area (Å²) in [6, 6.07) is 23.6. The lowest BCUT2D eigenvalue weighted by atomic mass is 9.90. The average Bonchev–Trinajstić information content (AvgIpc) is 2.88. The van der Waals surface area contributed by atoms with Crippen LogP contribution in [0.4, 0.5) is 11.5 Å². The minimum absolute atomic E-state index is 0.0209. The van der Waals surface area contributed by atoms with E-state index in [0.29, 0.717) is 34.9 Å². The molecule has 0 amide bonds. The fourth-order valence-corrected chi connectivity index (χ4v) is 4.01. The SMILES string of the molecule is CCOc1cc(-c2c(C#N)c(N)nc(C)c2-c2ccccc2)ccc1OCc1ccc([N+](=O)[O-])cc1. The molecule has 180 valence electrons. The van der Waals surface area contributed by atoms with Gasteiger partial charge in [0.2, 0.25) is 0 Å². The zero-order chi connectivity index (χ0) is 25.7. The van der Waals surface area contributed by atoms with Gasteiger partial charge in [-0.1, -0.05) is 36.4 Å². The normalized spacial score (nSPS) is 10.5. The monoisotopic (exact) mass is 480 g/mol. The Morgan fingerprint density at radius 2 is 1.69 bits per heavy atom. The smallest absolute Gasteiger partial charge is 0.269 e. The Kier molecular flexibility index (Phi) is 7.12. The first-order valence-electron chi connectivity index (χ1n) is 11.3. The summed E-state index contributed by atoms with van der Waals surface area (Å²) in [5.74, 6) is 1.19. The number of pyridine rings is 1. The highest BCUT2D eigenvalue weighted by Crippen LogP contribution is 2.41. The molecule has 0 aliphatic heterocycles. The van der Waals surface area contributed by atoms with Crippen LogP contribution in [0.2, 0.25) is 0 Å². The fourth-order valence-electron chi connectivity index (χ4n) is 4.01. The van der Waals surface area contributed by atoms with Crippen molar-refractivity contribution in [3.63, 3.8) is 0 Å². The summed E-state index contributed by atoms with van der Waals surface area (Å²) in [4.78, 5) is 14.9. The van der Waals surface area contributed by atoms with E-state index in [2.05, 4.69) is 11.1 Å². The number of benzene rings is 3. The van der Waals surface area contributed by atoms with E-state index in [9.17, 15) is 15.4 Å². The average molecular weight is 481 g/mol. The first-order valence-corrected chi connectivity index (χ1v) is 11.3. The van der Waals surface area contributed by atoms with Crippen molar-refractivity contribution in [3.05, 3.63) is 99.7 Å². The highest BCUT2D eigenvalue weighted by atomic mass is 16.6. The Labute approximate surface area is 208 Å². The van der Waals surface area contributed by atoms with Gasteiger partial charge in [0.05, 0.1) is 11.5 Å². The molecule has 3 aromatic carbocycles. The lowest BCUT2D eigenvalue weighted by Crippen LogP contribution is -2.04. The number of rotatable bonds is 8. The van der Waals surface area contributed by atoms with Gasteiger partial charge in [-0.3, -0.25) is 10.1 Å². The lowest BCUT2D eigenvalue weighted by molar-refractivity contribution is -0.384. The standard InChI is InChI=1S/C28H24N4O4/c1-3-35-25-15-21(11-14-24(25)36-17-19-9-12-22(13-10-19)32(33)34)27-23(16-29)28(30)31-18(2)26(27)20-7-5-4-6-8-20/h4-15H,3,17H2,1-2H3,(H2,30,31). The van der Waals surface area contributed by atoms with Crippen LogP contribution in [-0.4, -0.2) is 16.5 Å². The van der Waals surface area contributed by atoms with Gasteiger partial charge in [0, 0.05) is 29.0 Å². The van der Waals surface area contributed by atoms with E-state index in [1.807, 2.05) is 56.3 Å². The molecule has 0 saturated heterocycles. The van der Waals surface area contributed by atoms with Crippen molar-refractivity contribution < 1.29 is 14.4 Å². The summed E-state index contributed by atoms with van der Waals surface area (Å²) in [5.41, 5.74) is 11.1. The van der Waals surface area contributed by atoms with Gasteiger partial charge in [-0.25, -0.2) is 4.98 Å². The van der Waals surface area contributed by atoms with Crippen LogP contribution in [0.15, 0.2) is 72.8 Å². The molecule has 0 spiro atoms. The van der Waals surface area contributed by atoms with Gasteiger partial charge in [-0.15, -0.1) is 0 Å². The molecule has 0 bridgehead atoms. The molecule has 1 aromatic heterocycles. The van der Waals surface area contributed by atoms with Crippen molar-refractivity contribution in [1.82, 2.24) is 4.98 Å². The third-order valence-electron chi connectivity index (χ3n) is 5.65. The highest BCUT2D eigenvalue weighted by Gasteiger charge is 2.21. The molecule has 0 fully saturated rings. The molecule has 8 nitrogen and oxygen atoms in total. The number of nitrogens with zero attached hydrogens (tertiary/aromatic N) is 3. The maximum absolute atomic E-state index is 10.9. The second kappa shape index (κ2) is 10.6. The van der Waals surface area contributed by atoms with Crippen molar-refractivity contribution >= 4 is 11.5 Å². The summed E-state index contributed by atoms with van der Waals surface area (Å²) in [6.07, 6.45) is 0. The number of hydrogen-bond acceptors (Lipinski definition) is 7. The van der Waals surface area contributed by atoms with Gasteiger partial charge in [0.15, 0.2) is 11.5 Å². The Morgan fingerprint density at radius 3 is 2.33 bits per heavy atom. The number of hydrogen-bond donors (Lipinski definition) is 1. The van der Waals surface area contributed by atoms with Crippen molar-refractivity contribution in [1.29, 1.82) is 5.26 Å². The van der Waals surface area contributed by atoms with Crippen LogP contribution in [0.3, 0.4) is 0 Å². The molecule has 4 rings (SSSR count). The number of nitrogen functional groups attached to an aromatic ring is 1. The fraction of sp³-hybridized carbons (Fsp3) is 0.143. The summed E-state index contributed by atoms with van der Waals surface area (Å²) >= 11 is 0. The molecule has 0 aliphatic carbocycles. The second-order valence-corrected chi connectivity index (χ2v) is 7.99. The van der Waals surface area contributed by atoms with E-state index in [1.54, 1.807) is 18.2 Å². The summed E-state index contributed by atoms with van der Waals surface area (Å²) in [6.45, 7) is 4.36. The minimum Gasteiger partial charge on any atom is -0.490 e. The lowest BCUT2D eigenvalue weighted by Gasteiger charge is -2.18. The Hall–Kier alpha value is -4.90. The van der Waals surface area contributed by atoms with E-state index in [0.717, 1.165) is 22.3 Å². The van der Waals surface area contributed by atoms with Gasteiger partial charge in [0.1, 0.15) is 24.1 Å². The van der Waals surface area contributed by atoms with E-state index in [-0.39, 0.29) is 18.1 Å². The van der Waals surface area contributed by atoms with Gasteiger partial charge in [-0.05, 0) is 54.8 Å². The van der Waals surface area contributed by atoms with Crippen molar-refractivity contribution in [3.8, 4) is 39.8 Å². The summed E-state index contributed by atoms with van der Waals surface area (Å²) in [5, 5.41) is 20.8. The number of aromatic nitrogens is 1. The first kappa shape index (κ1) is 24.2. The molecule has 1 heterocycles. The predicted octanol–water partition coefficient (Wildman–Crippen LogP) is 6.06. The molecule has 0 radical (unpaired) electrons. The predicted molar refractivity (Wildman–Crippen MR) is 138 cm³/mol. The number of non-ortho nitro benzene ring substituents is 1. The maximum Gasteiger partial charge on any atom is 0.269 e. The van der Waals surface area contributed by atoms with Gasteiger partial charge in [0.25, 0.3) is 5.69 Å². The van der Waals surface area contributed by atoms with Crippen LogP contribution in [0.5, 0.6) is 11.5 Å². The molecule has 2 N–H and O–H groups in total. The van der Waals surface area contributed by atoms with Gasteiger partial charge in [-0.2, -0.15) is 5.26 Å². The van der Waals surface area contributed by atoms with E-state index in [4.69, 9.17) is 15.2 Å². The van der Waals surface area contributed by atoms with Crippen LogP contribution >= 0.6 is 0 Å². The third-order valence-corrected chi connectivity index (χ3v) is 5.65. The van der Waals surface area contributed by atoms with E-state index >= 15 is 0 Å². The van der Waals surface area contributed by atoms with Crippen LogP contribution in [0.25, 0.3) is 22.3 Å².